The standard InChI is InChI=1S/C3H6O3S.BH3O2/c1-2-3-7(4,5)6;2-1-3/h2H,1,3H2,(H,4,5,6);1-3H. The van der Waals surface area contributed by atoms with Crippen molar-refractivity contribution in [1.29, 1.82) is 0 Å². The highest BCUT2D eigenvalue weighted by Crippen LogP contribution is 1.78. The molecule has 0 bridgehead atoms. The molecule has 0 radical (unpaired) electrons. The van der Waals surface area contributed by atoms with Crippen molar-refractivity contribution >= 4 is 17.8 Å². The Labute approximate surface area is 60.1 Å². The van der Waals surface area contributed by atoms with Crippen LogP contribution in [0.5, 0.6) is 0 Å². The van der Waals surface area contributed by atoms with Gasteiger partial charge in [0.2, 0.25) is 0 Å². The maximum Gasteiger partial charge on any atom is 0.432 e. The summed E-state index contributed by atoms with van der Waals surface area (Å²) in [5.41, 5.74) is 0. The highest BCUT2D eigenvalue weighted by atomic mass is 32.2. The molecule has 0 aromatic carbocycles. The van der Waals surface area contributed by atoms with Gasteiger partial charge in [-0.15, -0.1) is 6.58 Å². The van der Waals surface area contributed by atoms with E-state index in [1.165, 1.54) is 0 Å². The summed E-state index contributed by atoms with van der Waals surface area (Å²) in [4.78, 5) is 0. The Balaban J connectivity index is 0. The van der Waals surface area contributed by atoms with Gasteiger partial charge in [-0.1, -0.05) is 6.08 Å². The van der Waals surface area contributed by atoms with Crippen molar-refractivity contribution in [2.45, 2.75) is 0 Å². The quantitative estimate of drug-likeness (QED) is 0.259. The van der Waals surface area contributed by atoms with Crippen LogP contribution in [0.25, 0.3) is 0 Å². The van der Waals surface area contributed by atoms with Crippen molar-refractivity contribution in [1.82, 2.24) is 0 Å². The van der Waals surface area contributed by atoms with E-state index in [2.05, 4.69) is 6.58 Å². The first-order valence-electron chi connectivity index (χ1n) is 2.25. The molecule has 5 nitrogen and oxygen atoms in total. The second kappa shape index (κ2) is 6.75. The predicted octanol–water partition coefficient (Wildman–Crippen LogP) is -1.70. The minimum absolute atomic E-state index is 0.368. The van der Waals surface area contributed by atoms with Crippen LogP contribution in [0.4, 0.5) is 0 Å². The molecule has 0 heterocycles. The number of hydrogen-bond donors (Lipinski definition) is 3. The van der Waals surface area contributed by atoms with Gasteiger partial charge in [-0.3, -0.25) is 4.55 Å². The number of rotatable bonds is 2. The van der Waals surface area contributed by atoms with Crippen LogP contribution in [0.1, 0.15) is 0 Å². The van der Waals surface area contributed by atoms with E-state index in [9.17, 15) is 8.42 Å². The van der Waals surface area contributed by atoms with Gasteiger partial charge in [-0.2, -0.15) is 8.42 Å². The molecule has 0 spiro atoms. The summed E-state index contributed by atoms with van der Waals surface area (Å²) in [6.07, 6.45) is 1.12. The van der Waals surface area contributed by atoms with Crippen molar-refractivity contribution in [2.75, 3.05) is 5.75 Å². The third kappa shape index (κ3) is 25.4. The van der Waals surface area contributed by atoms with E-state index >= 15 is 0 Å². The Morgan fingerprint density at radius 1 is 1.50 bits per heavy atom. The normalized spacial score (nSPS) is 9.10. The van der Waals surface area contributed by atoms with Crippen molar-refractivity contribution in [3.63, 3.8) is 0 Å². The van der Waals surface area contributed by atoms with E-state index < -0.39 is 17.8 Å². The summed E-state index contributed by atoms with van der Waals surface area (Å²) in [7, 11) is -4.54. The minimum Gasteiger partial charge on any atom is -0.430 e. The minimum atomic E-state index is -3.79. The van der Waals surface area contributed by atoms with Crippen LogP contribution in [0.2, 0.25) is 0 Å². The average molecular weight is 168 g/mol. The van der Waals surface area contributed by atoms with Crippen molar-refractivity contribution in [3.8, 4) is 0 Å². The molecule has 3 N–H and O–H groups in total. The average Bonchev–Trinajstić information content (AvgIpc) is 1.63. The fraction of sp³-hybridized carbons (Fsp3) is 0.333. The molecule has 0 saturated carbocycles. The van der Waals surface area contributed by atoms with Crippen LogP contribution in [0.15, 0.2) is 12.7 Å². The molecule has 0 aliphatic heterocycles. The van der Waals surface area contributed by atoms with E-state index in [1.54, 1.807) is 0 Å². The van der Waals surface area contributed by atoms with Crippen LogP contribution in [-0.2, 0) is 10.1 Å². The van der Waals surface area contributed by atoms with Crippen LogP contribution < -0.4 is 0 Å². The van der Waals surface area contributed by atoms with Crippen molar-refractivity contribution in [2.24, 2.45) is 0 Å². The molecular formula is C3H9BO5S. The maximum atomic E-state index is 9.72. The summed E-state index contributed by atoms with van der Waals surface area (Å²) >= 11 is 0. The Bertz CT molecular complexity index is 162. The lowest BCUT2D eigenvalue weighted by Crippen LogP contribution is -1.99. The number of hydrogen-bond acceptors (Lipinski definition) is 4. The molecule has 0 amide bonds. The third-order valence-electron chi connectivity index (χ3n) is 0.328. The van der Waals surface area contributed by atoms with E-state index in [-0.39, 0.29) is 5.75 Å². The highest BCUT2D eigenvalue weighted by molar-refractivity contribution is 7.85. The van der Waals surface area contributed by atoms with E-state index in [1.807, 2.05) is 0 Å². The molecule has 0 fully saturated rings. The fourth-order valence-corrected chi connectivity index (χ4v) is 0.447. The Kier molecular flexibility index (Phi) is 8.32. The van der Waals surface area contributed by atoms with Crippen LogP contribution in [0, 0.1) is 0 Å². The van der Waals surface area contributed by atoms with Gasteiger partial charge < -0.3 is 10.0 Å². The summed E-state index contributed by atoms with van der Waals surface area (Å²) in [6.45, 7) is 3.11. The van der Waals surface area contributed by atoms with Gasteiger partial charge in [0.15, 0.2) is 0 Å². The van der Waals surface area contributed by atoms with E-state index in [0.29, 0.717) is 0 Å². The molecule has 0 aromatic rings. The molecule has 0 aliphatic carbocycles. The molecule has 0 saturated heterocycles. The van der Waals surface area contributed by atoms with Crippen molar-refractivity contribution in [3.05, 3.63) is 12.7 Å². The van der Waals surface area contributed by atoms with Crippen LogP contribution in [0.3, 0.4) is 0 Å². The molecule has 0 aliphatic rings. The smallest absolute Gasteiger partial charge is 0.430 e. The van der Waals surface area contributed by atoms with E-state index in [4.69, 9.17) is 14.6 Å². The van der Waals surface area contributed by atoms with Gasteiger partial charge in [-0.25, -0.2) is 0 Å². The summed E-state index contributed by atoms with van der Waals surface area (Å²) in [5, 5.41) is 14.2. The first-order valence-corrected chi connectivity index (χ1v) is 3.86. The van der Waals surface area contributed by atoms with Crippen LogP contribution in [-0.4, -0.2) is 36.5 Å². The van der Waals surface area contributed by atoms with Crippen LogP contribution >= 0.6 is 0 Å². The van der Waals surface area contributed by atoms with Gasteiger partial charge in [0.25, 0.3) is 10.1 Å². The summed E-state index contributed by atoms with van der Waals surface area (Å²) < 4.78 is 27.3. The maximum absolute atomic E-state index is 9.72. The Morgan fingerprint density at radius 3 is 1.80 bits per heavy atom. The largest absolute Gasteiger partial charge is 0.432 e. The van der Waals surface area contributed by atoms with Gasteiger partial charge in [0.1, 0.15) is 0 Å². The zero-order valence-electron chi connectivity index (χ0n) is 5.27. The highest BCUT2D eigenvalue weighted by Gasteiger charge is 1.95. The van der Waals surface area contributed by atoms with Gasteiger partial charge >= 0.3 is 7.69 Å². The fourth-order valence-electron chi connectivity index (χ4n) is 0.149. The molecule has 0 unspecified atom stereocenters. The SMILES string of the molecule is C=CCS(=O)(=O)O.OBO. The first-order chi connectivity index (χ1) is 4.47. The van der Waals surface area contributed by atoms with E-state index in [0.717, 1.165) is 6.08 Å². The Morgan fingerprint density at radius 2 is 1.80 bits per heavy atom. The molecule has 0 atom stereocenters. The monoisotopic (exact) mass is 168 g/mol. The van der Waals surface area contributed by atoms with Gasteiger partial charge in [0.05, 0.1) is 5.75 Å². The van der Waals surface area contributed by atoms with Crippen molar-refractivity contribution < 1.29 is 23.0 Å². The summed E-state index contributed by atoms with van der Waals surface area (Å²) in [5.74, 6) is -0.368. The third-order valence-corrected chi connectivity index (χ3v) is 0.985. The second-order valence-corrected chi connectivity index (χ2v) is 2.68. The lowest BCUT2D eigenvalue weighted by atomic mass is 10.5. The molecule has 60 valence electrons. The first kappa shape index (κ1) is 12.3. The zero-order valence-corrected chi connectivity index (χ0v) is 6.08. The lowest BCUT2D eigenvalue weighted by Gasteiger charge is -1.82. The van der Waals surface area contributed by atoms with Gasteiger partial charge in [0, 0.05) is 0 Å². The second-order valence-electron chi connectivity index (χ2n) is 1.18. The molecular weight excluding hydrogens is 159 g/mol. The lowest BCUT2D eigenvalue weighted by molar-refractivity contribution is 0.448. The predicted molar refractivity (Wildman–Crippen MR) is 38.2 cm³/mol. The molecule has 10 heavy (non-hydrogen) atoms. The zero-order chi connectivity index (χ0) is 8.62. The molecule has 7 heteroatoms. The topological polar surface area (TPSA) is 94.8 Å². The summed E-state index contributed by atoms with van der Waals surface area (Å²) in [6, 6.07) is 0. The van der Waals surface area contributed by atoms with Gasteiger partial charge in [-0.05, 0) is 0 Å². The molecule has 0 rings (SSSR count). The Hall–Kier alpha value is -0.365. The molecule has 0 aromatic heterocycles.